The van der Waals surface area contributed by atoms with Gasteiger partial charge in [0.2, 0.25) is 5.69 Å². The monoisotopic (exact) mass is 316 g/mol. The number of nitrogens with zero attached hydrogens (tertiary/aromatic N) is 1. The quantitative estimate of drug-likeness (QED) is 0.706. The van der Waals surface area contributed by atoms with Gasteiger partial charge in [-0.3, -0.25) is 4.52 Å². The van der Waals surface area contributed by atoms with Crippen LogP contribution in [0.5, 0.6) is 5.75 Å². The number of hydrogen-bond donors (Lipinski definition) is 2. The molecule has 0 aliphatic rings. The van der Waals surface area contributed by atoms with Gasteiger partial charge >= 0.3 is 11.3 Å². The van der Waals surface area contributed by atoms with Gasteiger partial charge in [-0.2, -0.15) is 0 Å². The smallest absolute Gasteiger partial charge is 0.432 e. The predicted molar refractivity (Wildman–Crippen MR) is 81.1 cm³/mol. The molecule has 0 saturated carbocycles. The third-order valence-corrected chi connectivity index (χ3v) is 3.37. The molecule has 0 amide bonds. The van der Waals surface area contributed by atoms with Gasteiger partial charge in [0.1, 0.15) is 18.1 Å². The Labute approximate surface area is 131 Å². The first-order valence-electron chi connectivity index (χ1n) is 6.93. The average Bonchev–Trinajstić information content (AvgIpc) is 2.95. The number of anilines is 1. The van der Waals surface area contributed by atoms with Crippen LogP contribution in [-0.2, 0) is 6.54 Å². The van der Waals surface area contributed by atoms with Gasteiger partial charge in [-0.25, -0.2) is 9.18 Å². The van der Waals surface area contributed by atoms with Crippen LogP contribution in [0.25, 0.3) is 5.69 Å². The number of nitrogens with one attached hydrogen (secondary N) is 2. The third kappa shape index (κ3) is 3.23. The Balaban J connectivity index is 1.83. The summed E-state index contributed by atoms with van der Waals surface area (Å²) in [6, 6.07) is 13.1. The van der Waals surface area contributed by atoms with E-state index in [-0.39, 0.29) is 12.4 Å². The summed E-state index contributed by atoms with van der Waals surface area (Å²) in [6.45, 7) is 0.226. The Morgan fingerprint density at radius 1 is 1.17 bits per heavy atom. The summed E-state index contributed by atoms with van der Waals surface area (Å²) in [5, 5.41) is 5.62. The highest BCUT2D eigenvalue weighted by Gasteiger charge is 2.22. The van der Waals surface area contributed by atoms with E-state index in [1.165, 1.54) is 16.8 Å². The topological polar surface area (TPSA) is 71.1 Å². The van der Waals surface area contributed by atoms with Crippen molar-refractivity contribution in [3.05, 3.63) is 70.5 Å². The van der Waals surface area contributed by atoms with Crippen molar-refractivity contribution in [2.24, 2.45) is 0 Å². The molecule has 0 bridgehead atoms. The second kappa shape index (κ2) is 6.35. The van der Waals surface area contributed by atoms with Gasteiger partial charge < -0.3 is 10.1 Å². The summed E-state index contributed by atoms with van der Waals surface area (Å²) in [7, 11) is 1.58. The number of H-pyrrole nitrogens is 1. The summed E-state index contributed by atoms with van der Waals surface area (Å²) in [6.07, 6.45) is 0. The van der Waals surface area contributed by atoms with Crippen LogP contribution in [0.15, 0.2) is 57.8 Å². The zero-order chi connectivity index (χ0) is 16.2. The third-order valence-electron chi connectivity index (χ3n) is 3.37. The average molecular weight is 316 g/mol. The lowest BCUT2D eigenvalue weighted by molar-refractivity contribution is -0.677. The first-order chi connectivity index (χ1) is 11.2. The van der Waals surface area contributed by atoms with Crippen LogP contribution in [0.4, 0.5) is 10.1 Å². The first kappa shape index (κ1) is 14.8. The van der Waals surface area contributed by atoms with Crippen LogP contribution in [0.1, 0.15) is 5.69 Å². The van der Waals surface area contributed by atoms with E-state index in [0.717, 1.165) is 5.69 Å². The number of aromatic amines is 1. The Bertz CT molecular complexity index is 838. The molecule has 0 spiro atoms. The van der Waals surface area contributed by atoms with E-state index >= 15 is 0 Å². The molecule has 3 aromatic rings. The van der Waals surface area contributed by atoms with Crippen molar-refractivity contribution in [2.45, 2.75) is 6.54 Å². The number of aromatic nitrogens is 2. The van der Waals surface area contributed by atoms with Crippen molar-refractivity contribution >= 4 is 5.69 Å². The molecule has 23 heavy (non-hydrogen) atoms. The molecule has 0 saturated heterocycles. The molecule has 0 fully saturated rings. The normalized spacial score (nSPS) is 10.5. The van der Waals surface area contributed by atoms with Gasteiger partial charge in [-0.15, -0.1) is 0 Å². The summed E-state index contributed by atoms with van der Waals surface area (Å²) >= 11 is 0. The van der Waals surface area contributed by atoms with Crippen LogP contribution >= 0.6 is 0 Å². The number of hydrogen-bond acceptors (Lipinski definition) is 4. The van der Waals surface area contributed by atoms with E-state index in [0.29, 0.717) is 17.1 Å². The van der Waals surface area contributed by atoms with Gasteiger partial charge in [0.15, 0.2) is 0 Å². The second-order valence-corrected chi connectivity index (χ2v) is 4.82. The lowest BCUT2D eigenvalue weighted by atomic mass is 10.3. The molecule has 2 N–H and O–H groups in total. The molecule has 0 atom stereocenters. The van der Waals surface area contributed by atoms with E-state index < -0.39 is 5.63 Å². The highest BCUT2D eigenvalue weighted by atomic mass is 19.1. The van der Waals surface area contributed by atoms with Crippen molar-refractivity contribution in [3.63, 3.8) is 0 Å². The van der Waals surface area contributed by atoms with E-state index in [1.807, 2.05) is 0 Å². The van der Waals surface area contributed by atoms with Crippen LogP contribution < -0.4 is 20.4 Å². The van der Waals surface area contributed by atoms with Crippen molar-refractivity contribution in [1.29, 1.82) is 0 Å². The predicted octanol–water partition coefficient (Wildman–Crippen LogP) is 2.00. The Hall–Kier alpha value is -3.09. The molecular formula is C16H15FN3O3+. The van der Waals surface area contributed by atoms with E-state index in [9.17, 15) is 9.18 Å². The first-order valence-corrected chi connectivity index (χ1v) is 6.93. The Morgan fingerprint density at radius 3 is 2.52 bits per heavy atom. The largest absolute Gasteiger partial charge is 0.497 e. The van der Waals surface area contributed by atoms with E-state index in [4.69, 9.17) is 9.26 Å². The fourth-order valence-electron chi connectivity index (χ4n) is 2.14. The SMILES string of the molecule is COc1ccc(-[n+]2[nH]oc(=O)c2CNc2ccc(F)cc2)cc1. The number of rotatable bonds is 5. The van der Waals surface area contributed by atoms with Crippen LogP contribution in [0.3, 0.4) is 0 Å². The Kier molecular flexibility index (Phi) is 4.09. The van der Waals surface area contributed by atoms with Crippen molar-refractivity contribution in [1.82, 2.24) is 5.27 Å². The highest BCUT2D eigenvalue weighted by Crippen LogP contribution is 2.12. The van der Waals surface area contributed by atoms with Crippen molar-refractivity contribution in [3.8, 4) is 11.4 Å². The molecule has 0 unspecified atom stereocenters. The standard InChI is InChI=1S/C16H14FN3O3/c1-22-14-8-6-13(7-9-14)20-15(16(21)23-19-20)10-18-12-4-2-11(17)3-5-12/h2-9,18H,10H2,1H3/p+1. The summed E-state index contributed by atoms with van der Waals surface area (Å²) in [5.74, 6) is 0.399. The maximum atomic E-state index is 12.9. The van der Waals surface area contributed by atoms with Gasteiger partial charge in [0.05, 0.1) is 7.11 Å². The summed E-state index contributed by atoms with van der Waals surface area (Å²) in [4.78, 5) is 11.9. The van der Waals surface area contributed by atoms with E-state index in [2.05, 4.69) is 10.6 Å². The minimum absolute atomic E-state index is 0.226. The van der Waals surface area contributed by atoms with Gasteiger partial charge in [0.25, 0.3) is 0 Å². The van der Waals surface area contributed by atoms with Gasteiger partial charge in [-0.1, -0.05) is 0 Å². The van der Waals surface area contributed by atoms with Crippen LogP contribution in [-0.4, -0.2) is 12.4 Å². The second-order valence-electron chi connectivity index (χ2n) is 4.82. The molecule has 3 rings (SSSR count). The molecular weight excluding hydrogens is 301 g/mol. The zero-order valence-corrected chi connectivity index (χ0v) is 12.4. The molecule has 118 valence electrons. The van der Waals surface area contributed by atoms with Gasteiger partial charge in [-0.05, 0) is 46.4 Å². The molecule has 6 nitrogen and oxygen atoms in total. The minimum Gasteiger partial charge on any atom is -0.497 e. The lowest BCUT2D eigenvalue weighted by Gasteiger charge is -2.02. The molecule has 1 aromatic heterocycles. The van der Waals surface area contributed by atoms with Crippen LogP contribution in [0, 0.1) is 5.82 Å². The molecule has 0 aliphatic heterocycles. The minimum atomic E-state index is -0.476. The Morgan fingerprint density at radius 2 is 1.87 bits per heavy atom. The number of halogens is 1. The summed E-state index contributed by atoms with van der Waals surface area (Å²) < 4.78 is 24.4. The van der Waals surface area contributed by atoms with E-state index in [1.54, 1.807) is 43.5 Å². The zero-order valence-electron chi connectivity index (χ0n) is 12.4. The molecule has 1 heterocycles. The van der Waals surface area contributed by atoms with Crippen LogP contribution in [0.2, 0.25) is 0 Å². The van der Waals surface area contributed by atoms with Crippen molar-refractivity contribution < 1.29 is 18.3 Å². The fraction of sp³-hybridized carbons (Fsp3) is 0.125. The maximum Gasteiger partial charge on any atom is 0.432 e. The number of ether oxygens (including phenoxy) is 1. The van der Waals surface area contributed by atoms with Gasteiger partial charge in [0, 0.05) is 17.8 Å². The lowest BCUT2D eigenvalue weighted by Crippen LogP contribution is -2.39. The molecule has 0 radical (unpaired) electrons. The molecule has 7 heteroatoms. The fourth-order valence-corrected chi connectivity index (χ4v) is 2.14. The van der Waals surface area contributed by atoms with Crippen molar-refractivity contribution in [2.75, 3.05) is 12.4 Å². The molecule has 0 aliphatic carbocycles. The highest BCUT2D eigenvalue weighted by molar-refractivity contribution is 5.42. The number of methoxy groups -OCH3 is 1. The maximum absolute atomic E-state index is 12.9. The number of benzene rings is 2. The molecule has 2 aromatic carbocycles. The summed E-state index contributed by atoms with van der Waals surface area (Å²) in [5.41, 5.74) is 1.34.